The molecule has 1 amide bonds. The molecule has 1 aromatic carbocycles. The summed E-state index contributed by atoms with van der Waals surface area (Å²) in [6, 6.07) is 8.91. The maximum absolute atomic E-state index is 13.4. The van der Waals surface area contributed by atoms with Crippen molar-refractivity contribution in [3.63, 3.8) is 0 Å². The van der Waals surface area contributed by atoms with Crippen LogP contribution in [0.3, 0.4) is 0 Å². The van der Waals surface area contributed by atoms with Crippen LogP contribution in [-0.4, -0.2) is 41.9 Å². The number of carbonyl (C=O) groups is 1. The zero-order valence-electron chi connectivity index (χ0n) is 17.8. The molecule has 2 heterocycles. The number of hydrogen-bond acceptors (Lipinski definition) is 5. The third-order valence-corrected chi connectivity index (χ3v) is 7.77. The van der Waals surface area contributed by atoms with Gasteiger partial charge in [-0.25, -0.2) is 10.4 Å². The zero-order chi connectivity index (χ0) is 22.5. The van der Waals surface area contributed by atoms with Crippen LogP contribution in [0.25, 0.3) is 0 Å². The average Bonchev–Trinajstić information content (AvgIpc) is 3.52. The molecule has 0 spiro atoms. The predicted molar refractivity (Wildman–Crippen MR) is 112 cm³/mol. The molecule has 3 N–H and O–H groups in total. The zero-order valence-corrected chi connectivity index (χ0v) is 17.8. The summed E-state index contributed by atoms with van der Waals surface area (Å²) in [5, 5.41) is 18.0. The minimum absolute atomic E-state index is 0.0144. The number of nitriles is 1. The number of benzene rings is 1. The molecule has 1 aromatic rings. The Labute approximate surface area is 185 Å². The lowest BCUT2D eigenvalue weighted by molar-refractivity contribution is -0.160. The molecule has 6 nitrogen and oxygen atoms in total. The molecule has 2 aliphatic carbocycles. The van der Waals surface area contributed by atoms with Gasteiger partial charge in [0, 0.05) is 24.3 Å². The SMILES string of the molecule is N#C[C@H]1CCCC[C@@H]1N1NC(Nc2ccc(C3(C(F)(F)F)CC3)cc2)C2C(=O)NCCC21. The first-order valence-corrected chi connectivity index (χ1v) is 11.5. The molecule has 4 fully saturated rings. The lowest BCUT2D eigenvalue weighted by atomic mass is 9.83. The minimum Gasteiger partial charge on any atom is -0.368 e. The molecule has 0 bridgehead atoms. The Morgan fingerprint density at radius 2 is 1.81 bits per heavy atom. The van der Waals surface area contributed by atoms with Gasteiger partial charge in [0.2, 0.25) is 5.91 Å². The van der Waals surface area contributed by atoms with Crippen LogP contribution >= 0.6 is 0 Å². The average molecular weight is 448 g/mol. The fourth-order valence-electron chi connectivity index (χ4n) is 5.82. The van der Waals surface area contributed by atoms with Crippen molar-refractivity contribution in [2.75, 3.05) is 11.9 Å². The van der Waals surface area contributed by atoms with E-state index in [9.17, 15) is 23.2 Å². The van der Waals surface area contributed by atoms with Crippen molar-refractivity contribution in [2.45, 2.75) is 74.8 Å². The van der Waals surface area contributed by atoms with Crippen LogP contribution in [0.4, 0.5) is 18.9 Å². The van der Waals surface area contributed by atoms with Crippen LogP contribution in [0.2, 0.25) is 0 Å². The maximum atomic E-state index is 13.4. The second kappa shape index (κ2) is 7.92. The van der Waals surface area contributed by atoms with Crippen LogP contribution in [0.1, 0.15) is 50.5 Å². The lowest BCUT2D eigenvalue weighted by Gasteiger charge is -2.39. The Kier molecular flexibility index (Phi) is 5.33. The van der Waals surface area contributed by atoms with E-state index in [1.165, 1.54) is 0 Å². The van der Waals surface area contributed by atoms with E-state index in [0.29, 0.717) is 17.8 Å². The first-order chi connectivity index (χ1) is 15.3. The quantitative estimate of drug-likeness (QED) is 0.659. The number of halogens is 3. The molecule has 0 aromatic heterocycles. The number of alkyl halides is 3. The monoisotopic (exact) mass is 447 g/mol. The smallest absolute Gasteiger partial charge is 0.368 e. The van der Waals surface area contributed by atoms with Crippen molar-refractivity contribution in [2.24, 2.45) is 11.8 Å². The Morgan fingerprint density at radius 1 is 1.09 bits per heavy atom. The maximum Gasteiger partial charge on any atom is 0.398 e. The Hall–Kier alpha value is -2.31. The van der Waals surface area contributed by atoms with Crippen LogP contribution in [0, 0.1) is 23.2 Å². The Balaban J connectivity index is 1.35. The number of amides is 1. The van der Waals surface area contributed by atoms with Crippen LogP contribution in [-0.2, 0) is 10.2 Å². The summed E-state index contributed by atoms with van der Waals surface area (Å²) in [7, 11) is 0. The summed E-state index contributed by atoms with van der Waals surface area (Å²) in [6.07, 6.45) is 0.325. The fourth-order valence-corrected chi connectivity index (χ4v) is 5.82. The van der Waals surface area contributed by atoms with E-state index in [1.54, 1.807) is 24.3 Å². The van der Waals surface area contributed by atoms with E-state index < -0.39 is 11.6 Å². The van der Waals surface area contributed by atoms with Gasteiger partial charge in [-0.1, -0.05) is 25.0 Å². The van der Waals surface area contributed by atoms with E-state index in [1.807, 2.05) is 0 Å². The standard InChI is InChI=1S/C23H28F3N5O/c24-23(25,26)22(10-11-22)15-5-7-16(8-6-15)29-20-19-18(9-12-28-21(19)32)31(30-20)17-4-2-1-3-14(17)13-27/h5-8,14,17-20,29-30H,1-4,9-12H2,(H,28,32)/t14-,17+,18?,19?,20?/m1/s1. The first-order valence-electron chi connectivity index (χ1n) is 11.5. The Bertz CT molecular complexity index is 908. The molecule has 3 unspecified atom stereocenters. The van der Waals surface area contributed by atoms with E-state index >= 15 is 0 Å². The molecule has 172 valence electrons. The summed E-state index contributed by atoms with van der Waals surface area (Å²) in [4.78, 5) is 12.8. The van der Waals surface area contributed by atoms with Gasteiger partial charge in [0.1, 0.15) is 6.17 Å². The summed E-state index contributed by atoms with van der Waals surface area (Å²) in [6.45, 7) is 0.600. The van der Waals surface area contributed by atoms with Crippen molar-refractivity contribution >= 4 is 11.6 Å². The van der Waals surface area contributed by atoms with Gasteiger partial charge in [0.05, 0.1) is 23.3 Å². The van der Waals surface area contributed by atoms with Gasteiger partial charge in [-0.05, 0) is 49.8 Å². The number of nitrogens with zero attached hydrogens (tertiary/aromatic N) is 2. The number of hydrazine groups is 1. The number of nitrogens with one attached hydrogen (secondary N) is 3. The fraction of sp³-hybridized carbons (Fsp3) is 0.652. The van der Waals surface area contributed by atoms with Crippen molar-refractivity contribution in [3.8, 4) is 6.07 Å². The van der Waals surface area contributed by atoms with E-state index in [0.717, 1.165) is 32.1 Å². The summed E-state index contributed by atoms with van der Waals surface area (Å²) < 4.78 is 40.3. The third-order valence-electron chi connectivity index (χ3n) is 7.77. The van der Waals surface area contributed by atoms with E-state index in [4.69, 9.17) is 0 Å². The molecule has 0 radical (unpaired) electrons. The minimum atomic E-state index is -4.24. The van der Waals surface area contributed by atoms with Crippen LogP contribution < -0.4 is 16.1 Å². The molecule has 9 heteroatoms. The van der Waals surface area contributed by atoms with Gasteiger partial charge in [0.15, 0.2) is 0 Å². The summed E-state index contributed by atoms with van der Waals surface area (Å²) in [5.41, 5.74) is 2.72. The number of hydrogen-bond donors (Lipinski definition) is 3. The number of rotatable bonds is 4. The molecule has 32 heavy (non-hydrogen) atoms. The number of anilines is 1. The summed E-state index contributed by atoms with van der Waals surface area (Å²) in [5.74, 6) is -0.449. The van der Waals surface area contributed by atoms with Crippen molar-refractivity contribution in [1.29, 1.82) is 5.26 Å². The normalized spacial score (nSPS) is 34.3. The van der Waals surface area contributed by atoms with Crippen LogP contribution in [0.5, 0.6) is 0 Å². The van der Waals surface area contributed by atoms with Gasteiger partial charge in [0.25, 0.3) is 0 Å². The van der Waals surface area contributed by atoms with Crippen molar-refractivity contribution in [3.05, 3.63) is 29.8 Å². The number of fused-ring (bicyclic) bond motifs is 1. The topological polar surface area (TPSA) is 80.2 Å². The molecule has 4 aliphatic rings. The molecular weight excluding hydrogens is 419 g/mol. The van der Waals surface area contributed by atoms with Gasteiger partial charge >= 0.3 is 6.18 Å². The third kappa shape index (κ3) is 3.54. The number of carbonyl (C=O) groups excluding carboxylic acids is 1. The highest BCUT2D eigenvalue weighted by atomic mass is 19.4. The van der Waals surface area contributed by atoms with Crippen molar-refractivity contribution in [1.82, 2.24) is 15.8 Å². The lowest BCUT2D eigenvalue weighted by Crippen LogP contribution is -2.54. The largest absolute Gasteiger partial charge is 0.398 e. The van der Waals surface area contributed by atoms with Crippen molar-refractivity contribution < 1.29 is 18.0 Å². The first kappa shape index (κ1) is 21.5. The highest BCUT2D eigenvalue weighted by molar-refractivity contribution is 5.82. The highest BCUT2D eigenvalue weighted by Gasteiger charge is 2.64. The highest BCUT2D eigenvalue weighted by Crippen LogP contribution is 2.58. The second-order valence-electron chi connectivity index (χ2n) is 9.58. The van der Waals surface area contributed by atoms with Crippen LogP contribution in [0.15, 0.2) is 24.3 Å². The predicted octanol–water partition coefficient (Wildman–Crippen LogP) is 3.43. The van der Waals surface area contributed by atoms with E-state index in [-0.39, 0.29) is 48.8 Å². The Morgan fingerprint density at radius 3 is 2.47 bits per heavy atom. The molecular formula is C23H28F3N5O. The molecule has 5 atom stereocenters. The molecule has 5 rings (SSSR count). The number of piperidine rings is 1. The van der Waals surface area contributed by atoms with Gasteiger partial charge < -0.3 is 10.6 Å². The molecule has 2 aliphatic heterocycles. The van der Waals surface area contributed by atoms with Gasteiger partial charge in [-0.3, -0.25) is 4.79 Å². The van der Waals surface area contributed by atoms with Gasteiger partial charge in [-0.2, -0.15) is 18.4 Å². The molecule has 2 saturated carbocycles. The van der Waals surface area contributed by atoms with Gasteiger partial charge in [-0.15, -0.1) is 0 Å². The summed E-state index contributed by atoms with van der Waals surface area (Å²) >= 11 is 0. The second-order valence-corrected chi connectivity index (χ2v) is 9.58. The van der Waals surface area contributed by atoms with E-state index in [2.05, 4.69) is 27.1 Å². The molecule has 2 saturated heterocycles.